The molecule has 0 spiro atoms. The van der Waals surface area contributed by atoms with E-state index < -0.39 is 5.97 Å². The highest BCUT2D eigenvalue weighted by atomic mass is 16.5. The molecule has 5 nitrogen and oxygen atoms in total. The smallest absolute Gasteiger partial charge is 0.303 e. The number of rotatable bonds is 6. The summed E-state index contributed by atoms with van der Waals surface area (Å²) < 4.78 is 5.11. The molecule has 1 aromatic carbocycles. The van der Waals surface area contributed by atoms with Gasteiger partial charge in [-0.1, -0.05) is 19.1 Å². The number of hydrogen-bond donors (Lipinski definition) is 2. The summed E-state index contributed by atoms with van der Waals surface area (Å²) in [5.74, 6) is -0.727. The third-order valence-electron chi connectivity index (χ3n) is 2.44. The molecule has 0 aromatic heterocycles. The van der Waals surface area contributed by atoms with Crippen molar-refractivity contribution in [2.24, 2.45) is 5.92 Å². The Labute approximate surface area is 106 Å². The molecule has 0 saturated carbocycles. The molecule has 0 bridgehead atoms. The summed E-state index contributed by atoms with van der Waals surface area (Å²) >= 11 is 0. The predicted octanol–water partition coefficient (Wildman–Crippen LogP) is 2.13. The van der Waals surface area contributed by atoms with Crippen molar-refractivity contribution in [1.82, 2.24) is 0 Å². The summed E-state index contributed by atoms with van der Waals surface area (Å²) in [6.45, 7) is 1.73. The minimum Gasteiger partial charge on any atom is -0.495 e. The number of ether oxygens (including phenoxy) is 1. The van der Waals surface area contributed by atoms with Gasteiger partial charge in [-0.2, -0.15) is 0 Å². The average molecular weight is 251 g/mol. The Balaban J connectivity index is 2.56. The van der Waals surface area contributed by atoms with Gasteiger partial charge in [0.2, 0.25) is 5.91 Å². The Kier molecular flexibility index (Phi) is 5.17. The van der Waals surface area contributed by atoms with Crippen LogP contribution in [0.25, 0.3) is 0 Å². The van der Waals surface area contributed by atoms with Crippen molar-refractivity contribution in [3.63, 3.8) is 0 Å². The fraction of sp³-hybridized carbons (Fsp3) is 0.385. The van der Waals surface area contributed by atoms with Gasteiger partial charge >= 0.3 is 5.97 Å². The molecule has 0 aliphatic heterocycles. The highest BCUT2D eigenvalue weighted by molar-refractivity contribution is 5.92. The number of amides is 1. The molecule has 0 fully saturated rings. The Morgan fingerprint density at radius 2 is 2.00 bits per heavy atom. The Morgan fingerprint density at radius 1 is 1.33 bits per heavy atom. The first-order chi connectivity index (χ1) is 8.52. The van der Waals surface area contributed by atoms with E-state index in [1.807, 2.05) is 6.07 Å². The third kappa shape index (κ3) is 4.45. The van der Waals surface area contributed by atoms with Gasteiger partial charge in [0.05, 0.1) is 12.8 Å². The molecule has 98 valence electrons. The van der Waals surface area contributed by atoms with Gasteiger partial charge in [0.25, 0.3) is 0 Å². The SMILES string of the molecule is COc1ccccc1NC(=O)CC(C)CC(=O)O. The topological polar surface area (TPSA) is 75.6 Å². The van der Waals surface area contributed by atoms with Crippen molar-refractivity contribution >= 4 is 17.6 Å². The number of carboxylic acids is 1. The quantitative estimate of drug-likeness (QED) is 0.812. The van der Waals surface area contributed by atoms with Gasteiger partial charge < -0.3 is 15.2 Å². The molecule has 0 heterocycles. The minimum absolute atomic E-state index is 0.0145. The zero-order valence-electron chi connectivity index (χ0n) is 10.5. The summed E-state index contributed by atoms with van der Waals surface area (Å²) in [6.07, 6.45) is 0.156. The van der Waals surface area contributed by atoms with Crippen LogP contribution < -0.4 is 10.1 Å². The van der Waals surface area contributed by atoms with E-state index in [9.17, 15) is 9.59 Å². The second-order valence-corrected chi connectivity index (χ2v) is 4.16. The zero-order chi connectivity index (χ0) is 13.5. The van der Waals surface area contributed by atoms with Gasteiger partial charge in [-0.3, -0.25) is 9.59 Å². The first kappa shape index (κ1) is 14.0. The highest BCUT2D eigenvalue weighted by Gasteiger charge is 2.13. The number of nitrogens with one attached hydrogen (secondary N) is 1. The minimum atomic E-state index is -0.896. The van der Waals surface area contributed by atoms with E-state index >= 15 is 0 Å². The lowest BCUT2D eigenvalue weighted by molar-refractivity contribution is -0.138. The molecule has 2 N–H and O–H groups in total. The molecule has 0 aliphatic carbocycles. The molecule has 0 saturated heterocycles. The zero-order valence-corrected chi connectivity index (χ0v) is 10.5. The third-order valence-corrected chi connectivity index (χ3v) is 2.44. The molecule has 1 amide bonds. The molecule has 1 rings (SSSR count). The van der Waals surface area contributed by atoms with E-state index in [-0.39, 0.29) is 24.7 Å². The Hall–Kier alpha value is -2.04. The van der Waals surface area contributed by atoms with Crippen LogP contribution in [-0.2, 0) is 9.59 Å². The maximum atomic E-state index is 11.7. The second kappa shape index (κ2) is 6.64. The van der Waals surface area contributed by atoms with E-state index in [0.29, 0.717) is 11.4 Å². The fourth-order valence-corrected chi connectivity index (χ4v) is 1.64. The van der Waals surface area contributed by atoms with Gasteiger partial charge in [0.15, 0.2) is 0 Å². The lowest BCUT2D eigenvalue weighted by atomic mass is 10.0. The molecule has 0 aliphatic rings. The second-order valence-electron chi connectivity index (χ2n) is 4.16. The van der Waals surface area contributed by atoms with Crippen molar-refractivity contribution < 1.29 is 19.4 Å². The summed E-state index contributed by atoms with van der Waals surface area (Å²) in [7, 11) is 1.53. The summed E-state index contributed by atoms with van der Waals surface area (Å²) in [5, 5.41) is 11.3. The molecule has 0 radical (unpaired) electrons. The van der Waals surface area contributed by atoms with Crippen LogP contribution in [0.15, 0.2) is 24.3 Å². The van der Waals surface area contributed by atoms with E-state index in [2.05, 4.69) is 5.32 Å². The van der Waals surface area contributed by atoms with Gasteiger partial charge in [-0.25, -0.2) is 0 Å². The number of benzene rings is 1. The largest absolute Gasteiger partial charge is 0.495 e. The van der Waals surface area contributed by atoms with Crippen molar-refractivity contribution in [3.05, 3.63) is 24.3 Å². The van der Waals surface area contributed by atoms with Crippen molar-refractivity contribution in [3.8, 4) is 5.75 Å². The van der Waals surface area contributed by atoms with Crippen LogP contribution in [0.1, 0.15) is 19.8 Å². The number of para-hydroxylation sites is 2. The number of carbonyl (C=O) groups is 2. The predicted molar refractivity (Wildman–Crippen MR) is 67.7 cm³/mol. The lowest BCUT2D eigenvalue weighted by Crippen LogP contribution is -2.17. The number of hydrogen-bond acceptors (Lipinski definition) is 3. The first-order valence-electron chi connectivity index (χ1n) is 5.67. The highest BCUT2D eigenvalue weighted by Crippen LogP contribution is 2.23. The summed E-state index contributed by atoms with van der Waals surface area (Å²) in [6, 6.07) is 7.08. The van der Waals surface area contributed by atoms with Gasteiger partial charge in [-0.15, -0.1) is 0 Å². The molecule has 18 heavy (non-hydrogen) atoms. The van der Waals surface area contributed by atoms with E-state index in [1.54, 1.807) is 25.1 Å². The van der Waals surface area contributed by atoms with E-state index in [1.165, 1.54) is 7.11 Å². The monoisotopic (exact) mass is 251 g/mol. The van der Waals surface area contributed by atoms with Crippen LogP contribution in [-0.4, -0.2) is 24.1 Å². The summed E-state index contributed by atoms with van der Waals surface area (Å²) in [5.41, 5.74) is 0.590. The number of anilines is 1. The molecule has 5 heteroatoms. The summed E-state index contributed by atoms with van der Waals surface area (Å²) in [4.78, 5) is 22.2. The molecule has 1 unspecified atom stereocenters. The van der Waals surface area contributed by atoms with Crippen LogP contribution >= 0.6 is 0 Å². The van der Waals surface area contributed by atoms with Crippen LogP contribution in [0.4, 0.5) is 5.69 Å². The van der Waals surface area contributed by atoms with Crippen LogP contribution in [0.2, 0.25) is 0 Å². The number of aliphatic carboxylic acids is 1. The van der Waals surface area contributed by atoms with Crippen molar-refractivity contribution in [1.29, 1.82) is 0 Å². The van der Waals surface area contributed by atoms with Crippen molar-refractivity contribution in [2.75, 3.05) is 12.4 Å². The standard InChI is InChI=1S/C13H17NO4/c1-9(8-13(16)17)7-12(15)14-10-5-3-4-6-11(10)18-2/h3-6,9H,7-8H2,1-2H3,(H,14,15)(H,16,17). The van der Waals surface area contributed by atoms with Crippen molar-refractivity contribution in [2.45, 2.75) is 19.8 Å². The Morgan fingerprint density at radius 3 is 2.61 bits per heavy atom. The molecular formula is C13H17NO4. The average Bonchev–Trinajstić information content (AvgIpc) is 2.28. The normalized spacial score (nSPS) is 11.7. The lowest BCUT2D eigenvalue weighted by Gasteiger charge is -2.11. The van der Waals surface area contributed by atoms with Gasteiger partial charge in [0.1, 0.15) is 5.75 Å². The molecular weight excluding hydrogens is 234 g/mol. The van der Waals surface area contributed by atoms with Gasteiger partial charge in [-0.05, 0) is 18.1 Å². The number of methoxy groups -OCH3 is 1. The fourth-order valence-electron chi connectivity index (χ4n) is 1.64. The number of carbonyl (C=O) groups excluding carboxylic acids is 1. The maximum Gasteiger partial charge on any atom is 0.303 e. The Bertz CT molecular complexity index is 431. The number of carboxylic acid groups (broad SMARTS) is 1. The van der Waals surface area contributed by atoms with E-state index in [0.717, 1.165) is 0 Å². The van der Waals surface area contributed by atoms with Gasteiger partial charge in [0, 0.05) is 12.8 Å². The maximum absolute atomic E-state index is 11.7. The van der Waals surface area contributed by atoms with Crippen LogP contribution in [0, 0.1) is 5.92 Å². The molecule has 1 aromatic rings. The first-order valence-corrected chi connectivity index (χ1v) is 5.67. The molecule has 1 atom stereocenters. The van der Waals surface area contributed by atoms with Crippen LogP contribution in [0.5, 0.6) is 5.75 Å². The van der Waals surface area contributed by atoms with Crippen LogP contribution in [0.3, 0.4) is 0 Å². The van der Waals surface area contributed by atoms with E-state index in [4.69, 9.17) is 9.84 Å².